The predicted octanol–water partition coefficient (Wildman–Crippen LogP) is 0.862. The van der Waals surface area contributed by atoms with Gasteiger partial charge in [0.25, 0.3) is 0 Å². The van der Waals surface area contributed by atoms with E-state index >= 15 is 0 Å². The van der Waals surface area contributed by atoms with Gasteiger partial charge in [0.2, 0.25) is 5.91 Å². The SMILES string of the molecule is Cc1nn(C)cc1CNC(=O)C1CCCC(N)C1. The van der Waals surface area contributed by atoms with Crippen LogP contribution in [0.4, 0.5) is 0 Å². The second kappa shape index (κ2) is 5.52. The molecule has 1 saturated carbocycles. The zero-order valence-electron chi connectivity index (χ0n) is 11.1. The average molecular weight is 250 g/mol. The minimum atomic E-state index is 0.0886. The standard InChI is InChI=1S/C13H22N4O/c1-9-11(8-17(2)16-9)7-15-13(18)10-4-3-5-12(14)6-10/h8,10,12H,3-7,14H2,1-2H3,(H,15,18). The van der Waals surface area contributed by atoms with E-state index in [4.69, 9.17) is 5.73 Å². The number of carbonyl (C=O) groups excluding carboxylic acids is 1. The smallest absolute Gasteiger partial charge is 0.223 e. The van der Waals surface area contributed by atoms with E-state index in [1.54, 1.807) is 4.68 Å². The van der Waals surface area contributed by atoms with Crippen molar-refractivity contribution in [1.29, 1.82) is 0 Å². The summed E-state index contributed by atoms with van der Waals surface area (Å²) >= 11 is 0. The molecule has 0 saturated heterocycles. The van der Waals surface area contributed by atoms with Crippen LogP contribution in [0.3, 0.4) is 0 Å². The Morgan fingerprint density at radius 1 is 1.61 bits per heavy atom. The van der Waals surface area contributed by atoms with Crippen molar-refractivity contribution >= 4 is 5.91 Å². The lowest BCUT2D eigenvalue weighted by molar-refractivity contribution is -0.126. The Morgan fingerprint density at radius 2 is 2.39 bits per heavy atom. The van der Waals surface area contributed by atoms with E-state index in [-0.39, 0.29) is 17.9 Å². The first-order valence-electron chi connectivity index (χ1n) is 6.58. The van der Waals surface area contributed by atoms with Gasteiger partial charge < -0.3 is 11.1 Å². The fourth-order valence-corrected chi connectivity index (χ4v) is 2.61. The molecule has 1 heterocycles. The Labute approximate surface area is 108 Å². The van der Waals surface area contributed by atoms with Crippen LogP contribution < -0.4 is 11.1 Å². The Balaban J connectivity index is 1.86. The molecule has 1 aliphatic carbocycles. The summed E-state index contributed by atoms with van der Waals surface area (Å²) in [5.74, 6) is 0.221. The Bertz CT molecular complexity index is 427. The van der Waals surface area contributed by atoms with Crippen LogP contribution in [0.25, 0.3) is 0 Å². The van der Waals surface area contributed by atoms with Crippen molar-refractivity contribution in [2.75, 3.05) is 0 Å². The predicted molar refractivity (Wildman–Crippen MR) is 69.7 cm³/mol. The van der Waals surface area contributed by atoms with E-state index in [9.17, 15) is 4.79 Å². The summed E-state index contributed by atoms with van der Waals surface area (Å²) < 4.78 is 1.77. The fraction of sp³-hybridized carbons (Fsp3) is 0.692. The molecular formula is C13H22N4O. The molecule has 18 heavy (non-hydrogen) atoms. The molecule has 1 aromatic heterocycles. The van der Waals surface area contributed by atoms with Crippen molar-refractivity contribution in [1.82, 2.24) is 15.1 Å². The minimum Gasteiger partial charge on any atom is -0.352 e. The third-order valence-electron chi connectivity index (χ3n) is 3.65. The lowest BCUT2D eigenvalue weighted by atomic mass is 9.85. The van der Waals surface area contributed by atoms with Crippen LogP contribution in [-0.2, 0) is 18.4 Å². The number of amides is 1. The van der Waals surface area contributed by atoms with Crippen LogP contribution >= 0.6 is 0 Å². The topological polar surface area (TPSA) is 72.9 Å². The zero-order valence-corrected chi connectivity index (χ0v) is 11.1. The highest BCUT2D eigenvalue weighted by Gasteiger charge is 2.25. The summed E-state index contributed by atoms with van der Waals surface area (Å²) in [6.07, 6.45) is 5.84. The van der Waals surface area contributed by atoms with E-state index in [1.807, 2.05) is 20.2 Å². The molecule has 1 amide bonds. The molecule has 100 valence electrons. The Hall–Kier alpha value is -1.36. The summed E-state index contributed by atoms with van der Waals surface area (Å²) in [5.41, 5.74) is 7.95. The number of nitrogens with one attached hydrogen (secondary N) is 1. The van der Waals surface area contributed by atoms with Gasteiger partial charge in [0.05, 0.1) is 5.69 Å². The quantitative estimate of drug-likeness (QED) is 0.835. The van der Waals surface area contributed by atoms with Gasteiger partial charge in [0.15, 0.2) is 0 Å². The summed E-state index contributed by atoms with van der Waals surface area (Å²) in [6.45, 7) is 2.52. The Kier molecular flexibility index (Phi) is 4.01. The van der Waals surface area contributed by atoms with Gasteiger partial charge in [-0.05, 0) is 26.2 Å². The van der Waals surface area contributed by atoms with E-state index in [1.165, 1.54) is 0 Å². The third-order valence-corrected chi connectivity index (χ3v) is 3.65. The van der Waals surface area contributed by atoms with Crippen LogP contribution in [0.5, 0.6) is 0 Å². The highest BCUT2D eigenvalue weighted by Crippen LogP contribution is 2.23. The maximum Gasteiger partial charge on any atom is 0.223 e. The minimum absolute atomic E-state index is 0.0886. The highest BCUT2D eigenvalue weighted by molar-refractivity contribution is 5.78. The van der Waals surface area contributed by atoms with Crippen LogP contribution in [0.2, 0.25) is 0 Å². The number of aromatic nitrogens is 2. The number of carbonyl (C=O) groups is 1. The van der Waals surface area contributed by atoms with Crippen LogP contribution in [-0.4, -0.2) is 21.7 Å². The third kappa shape index (κ3) is 3.10. The van der Waals surface area contributed by atoms with Crippen LogP contribution in [0.15, 0.2) is 6.20 Å². The van der Waals surface area contributed by atoms with Gasteiger partial charge >= 0.3 is 0 Å². The molecular weight excluding hydrogens is 228 g/mol. The number of hydrogen-bond donors (Lipinski definition) is 2. The number of nitrogens with zero attached hydrogens (tertiary/aromatic N) is 2. The van der Waals surface area contributed by atoms with Crippen molar-refractivity contribution < 1.29 is 4.79 Å². The molecule has 5 nitrogen and oxygen atoms in total. The van der Waals surface area contributed by atoms with Crippen LogP contribution in [0.1, 0.15) is 36.9 Å². The van der Waals surface area contributed by atoms with Crippen molar-refractivity contribution in [3.8, 4) is 0 Å². The lowest BCUT2D eigenvalue weighted by Crippen LogP contribution is -2.37. The number of hydrogen-bond acceptors (Lipinski definition) is 3. The molecule has 2 rings (SSSR count). The fourth-order valence-electron chi connectivity index (χ4n) is 2.61. The van der Waals surface area contributed by atoms with Crippen molar-refractivity contribution in [2.45, 2.75) is 45.2 Å². The zero-order chi connectivity index (χ0) is 13.1. The average Bonchev–Trinajstić information content (AvgIpc) is 2.65. The van der Waals surface area contributed by atoms with Gasteiger partial charge in [-0.3, -0.25) is 9.48 Å². The van der Waals surface area contributed by atoms with E-state index in [0.717, 1.165) is 36.9 Å². The monoisotopic (exact) mass is 250 g/mol. The number of nitrogens with two attached hydrogens (primary N) is 1. The van der Waals surface area contributed by atoms with Gasteiger partial charge in [-0.25, -0.2) is 0 Å². The van der Waals surface area contributed by atoms with Gasteiger partial charge in [-0.15, -0.1) is 0 Å². The number of rotatable bonds is 3. The molecule has 1 aromatic rings. The molecule has 0 spiro atoms. The van der Waals surface area contributed by atoms with Crippen molar-refractivity contribution in [2.24, 2.45) is 18.7 Å². The van der Waals surface area contributed by atoms with Crippen LogP contribution in [0, 0.1) is 12.8 Å². The molecule has 0 aliphatic heterocycles. The summed E-state index contributed by atoms with van der Waals surface area (Å²) in [6, 6.07) is 0.189. The molecule has 0 bridgehead atoms. The van der Waals surface area contributed by atoms with Gasteiger partial charge in [-0.2, -0.15) is 5.10 Å². The normalized spacial score (nSPS) is 23.9. The van der Waals surface area contributed by atoms with E-state index < -0.39 is 0 Å². The van der Waals surface area contributed by atoms with Crippen molar-refractivity contribution in [3.63, 3.8) is 0 Å². The summed E-state index contributed by atoms with van der Waals surface area (Å²) in [4.78, 5) is 12.0. The van der Waals surface area contributed by atoms with Gasteiger partial charge in [0.1, 0.15) is 0 Å². The number of aryl methyl sites for hydroxylation is 2. The summed E-state index contributed by atoms with van der Waals surface area (Å²) in [7, 11) is 1.89. The molecule has 0 radical (unpaired) electrons. The molecule has 1 aliphatic rings. The van der Waals surface area contributed by atoms with Gasteiger partial charge in [-0.1, -0.05) is 6.42 Å². The molecule has 2 atom stereocenters. The summed E-state index contributed by atoms with van der Waals surface area (Å²) in [5, 5.41) is 7.25. The second-order valence-electron chi connectivity index (χ2n) is 5.25. The second-order valence-corrected chi connectivity index (χ2v) is 5.25. The lowest BCUT2D eigenvalue weighted by Gasteiger charge is -2.25. The van der Waals surface area contributed by atoms with E-state index in [2.05, 4.69) is 10.4 Å². The molecule has 1 fully saturated rings. The maximum absolute atomic E-state index is 12.0. The largest absolute Gasteiger partial charge is 0.352 e. The first-order valence-corrected chi connectivity index (χ1v) is 6.58. The molecule has 3 N–H and O–H groups in total. The molecule has 2 unspecified atom stereocenters. The maximum atomic E-state index is 12.0. The highest BCUT2D eigenvalue weighted by atomic mass is 16.1. The first kappa shape index (κ1) is 13.1. The first-order chi connectivity index (χ1) is 8.56. The Morgan fingerprint density at radius 3 is 3.00 bits per heavy atom. The van der Waals surface area contributed by atoms with E-state index in [0.29, 0.717) is 6.54 Å². The van der Waals surface area contributed by atoms with Crippen molar-refractivity contribution in [3.05, 3.63) is 17.5 Å². The van der Waals surface area contributed by atoms with Gasteiger partial charge in [0, 0.05) is 37.3 Å². The molecule has 0 aromatic carbocycles. The molecule has 5 heteroatoms.